The fourth-order valence-corrected chi connectivity index (χ4v) is 3.60. The number of carbonyl (C=O) groups is 1. The summed E-state index contributed by atoms with van der Waals surface area (Å²) in [6.07, 6.45) is 4.58. The minimum Gasteiger partial charge on any atom is -0.335 e. The third-order valence-corrected chi connectivity index (χ3v) is 5.02. The van der Waals surface area contributed by atoms with Gasteiger partial charge in [0.15, 0.2) is 0 Å². The topological polar surface area (TPSA) is 67.1 Å². The molecule has 2 amide bonds. The molecule has 1 fully saturated rings. The maximum absolute atomic E-state index is 12.3. The number of nitrogens with one attached hydrogen (secondary N) is 2. The molecule has 0 bridgehead atoms. The van der Waals surface area contributed by atoms with Gasteiger partial charge in [0.1, 0.15) is 0 Å². The number of amides is 2. The normalized spacial score (nSPS) is 20.0. The van der Waals surface area contributed by atoms with Gasteiger partial charge in [0.25, 0.3) is 0 Å². The second kappa shape index (κ2) is 8.67. The van der Waals surface area contributed by atoms with Gasteiger partial charge in [0, 0.05) is 25.0 Å². The van der Waals surface area contributed by atoms with Crippen LogP contribution in [-0.4, -0.2) is 12.1 Å². The Balaban J connectivity index is 1.55. The van der Waals surface area contributed by atoms with Crippen LogP contribution >= 0.6 is 0 Å². The van der Waals surface area contributed by atoms with Gasteiger partial charge in [-0.25, -0.2) is 4.79 Å². The zero-order valence-electron chi connectivity index (χ0n) is 14.6. The van der Waals surface area contributed by atoms with Crippen LogP contribution < -0.4 is 16.4 Å². The van der Waals surface area contributed by atoms with Crippen molar-refractivity contribution >= 4 is 6.03 Å². The van der Waals surface area contributed by atoms with Gasteiger partial charge in [-0.05, 0) is 29.5 Å². The van der Waals surface area contributed by atoms with Crippen LogP contribution in [0.15, 0.2) is 54.6 Å². The van der Waals surface area contributed by atoms with Crippen molar-refractivity contribution in [3.05, 3.63) is 71.3 Å². The lowest BCUT2D eigenvalue weighted by Gasteiger charge is -2.32. The molecule has 0 aliphatic heterocycles. The van der Waals surface area contributed by atoms with Crippen LogP contribution in [0.3, 0.4) is 0 Å². The first-order valence-corrected chi connectivity index (χ1v) is 9.13. The van der Waals surface area contributed by atoms with Crippen molar-refractivity contribution in [2.45, 2.75) is 50.7 Å². The van der Waals surface area contributed by atoms with Gasteiger partial charge < -0.3 is 16.4 Å². The Labute approximate surface area is 149 Å². The number of hydrogen-bond acceptors (Lipinski definition) is 2. The van der Waals surface area contributed by atoms with Crippen LogP contribution in [0.2, 0.25) is 0 Å². The van der Waals surface area contributed by atoms with Crippen molar-refractivity contribution in [3.63, 3.8) is 0 Å². The highest BCUT2D eigenvalue weighted by Crippen LogP contribution is 2.32. The van der Waals surface area contributed by atoms with E-state index in [9.17, 15) is 4.79 Å². The molecular weight excluding hydrogens is 310 g/mol. The lowest BCUT2D eigenvalue weighted by atomic mass is 9.80. The number of carbonyl (C=O) groups excluding carboxylic acids is 1. The third-order valence-electron chi connectivity index (χ3n) is 5.02. The molecule has 1 aliphatic rings. The van der Waals surface area contributed by atoms with E-state index in [0.29, 0.717) is 19.0 Å². The van der Waals surface area contributed by atoms with Crippen molar-refractivity contribution in [2.75, 3.05) is 0 Å². The molecule has 4 nitrogen and oxygen atoms in total. The molecule has 0 aromatic heterocycles. The summed E-state index contributed by atoms with van der Waals surface area (Å²) in [5, 5.41) is 6.16. The minimum absolute atomic E-state index is 0.0873. The van der Waals surface area contributed by atoms with E-state index in [1.165, 1.54) is 18.4 Å². The second-order valence-electron chi connectivity index (χ2n) is 6.76. The van der Waals surface area contributed by atoms with Crippen molar-refractivity contribution in [2.24, 2.45) is 5.73 Å². The first-order valence-electron chi connectivity index (χ1n) is 9.13. The highest BCUT2D eigenvalue weighted by Gasteiger charge is 2.27. The maximum Gasteiger partial charge on any atom is 0.315 e. The maximum atomic E-state index is 12.3. The first-order chi connectivity index (χ1) is 12.3. The molecule has 132 valence electrons. The standard InChI is InChI=1S/C21H27N3O/c22-14-16-10-12-17(13-11-16)15-23-21(25)24-20-9-5-4-8-19(20)18-6-2-1-3-7-18/h1-3,6-7,10-13,19-20H,4-5,8-9,14-15,22H2,(H2,23,24,25)/t19-,20+/m0/s1. The van der Waals surface area contributed by atoms with E-state index in [2.05, 4.69) is 34.9 Å². The Morgan fingerprint density at radius 2 is 1.64 bits per heavy atom. The monoisotopic (exact) mass is 337 g/mol. The predicted octanol–water partition coefficient (Wildman–Crippen LogP) is 3.67. The summed E-state index contributed by atoms with van der Waals surface area (Å²) in [6, 6.07) is 18.7. The van der Waals surface area contributed by atoms with Gasteiger partial charge in [-0.1, -0.05) is 67.4 Å². The number of nitrogens with two attached hydrogens (primary N) is 1. The van der Waals surface area contributed by atoms with Crippen molar-refractivity contribution in [1.29, 1.82) is 0 Å². The SMILES string of the molecule is NCc1ccc(CNC(=O)N[C@@H]2CCCC[C@H]2c2ccccc2)cc1. The molecule has 4 heteroatoms. The Morgan fingerprint density at radius 3 is 2.36 bits per heavy atom. The second-order valence-corrected chi connectivity index (χ2v) is 6.76. The molecule has 0 spiro atoms. The molecule has 0 radical (unpaired) electrons. The smallest absolute Gasteiger partial charge is 0.315 e. The summed E-state index contributed by atoms with van der Waals surface area (Å²) < 4.78 is 0. The number of rotatable bonds is 5. The number of urea groups is 1. The van der Waals surface area contributed by atoms with Crippen molar-refractivity contribution in [1.82, 2.24) is 10.6 Å². The zero-order valence-corrected chi connectivity index (χ0v) is 14.6. The fraction of sp³-hybridized carbons (Fsp3) is 0.381. The van der Waals surface area contributed by atoms with Crippen LogP contribution in [0.5, 0.6) is 0 Å². The van der Waals surface area contributed by atoms with Crippen molar-refractivity contribution in [3.8, 4) is 0 Å². The van der Waals surface area contributed by atoms with E-state index >= 15 is 0 Å². The molecule has 0 unspecified atom stereocenters. The Kier molecular flexibility index (Phi) is 6.07. The summed E-state index contributed by atoms with van der Waals surface area (Å²) in [6.45, 7) is 1.07. The third kappa shape index (κ3) is 4.83. The van der Waals surface area contributed by atoms with Gasteiger partial charge in [-0.2, -0.15) is 0 Å². The summed E-state index contributed by atoms with van der Waals surface area (Å²) in [5.74, 6) is 0.407. The molecule has 2 atom stereocenters. The molecule has 3 rings (SSSR count). The zero-order chi connectivity index (χ0) is 17.5. The van der Waals surface area contributed by atoms with E-state index < -0.39 is 0 Å². The van der Waals surface area contributed by atoms with Gasteiger partial charge in [0.2, 0.25) is 0 Å². The molecule has 2 aromatic carbocycles. The molecule has 4 N–H and O–H groups in total. The fourth-order valence-electron chi connectivity index (χ4n) is 3.60. The van der Waals surface area contributed by atoms with Crippen LogP contribution in [-0.2, 0) is 13.1 Å². The molecule has 1 aliphatic carbocycles. The van der Waals surface area contributed by atoms with Gasteiger partial charge in [0.05, 0.1) is 0 Å². The van der Waals surface area contributed by atoms with Crippen molar-refractivity contribution < 1.29 is 4.79 Å². The van der Waals surface area contributed by atoms with E-state index in [0.717, 1.165) is 24.0 Å². The summed E-state index contributed by atoms with van der Waals surface area (Å²) in [5.41, 5.74) is 9.11. The average Bonchev–Trinajstić information content (AvgIpc) is 2.68. The largest absolute Gasteiger partial charge is 0.335 e. The average molecular weight is 337 g/mol. The molecular formula is C21H27N3O. The molecule has 2 aromatic rings. The lowest BCUT2D eigenvalue weighted by molar-refractivity contribution is 0.228. The summed E-state index contributed by atoms with van der Waals surface area (Å²) in [4.78, 5) is 12.3. The van der Waals surface area contributed by atoms with E-state index in [1.54, 1.807) is 0 Å². The molecule has 25 heavy (non-hydrogen) atoms. The highest BCUT2D eigenvalue weighted by atomic mass is 16.2. The number of hydrogen-bond donors (Lipinski definition) is 3. The van der Waals surface area contributed by atoms with Gasteiger partial charge in [-0.15, -0.1) is 0 Å². The quantitative estimate of drug-likeness (QED) is 0.779. The predicted molar refractivity (Wildman–Crippen MR) is 101 cm³/mol. The summed E-state index contributed by atoms with van der Waals surface area (Å²) in [7, 11) is 0. The Morgan fingerprint density at radius 1 is 0.960 bits per heavy atom. The minimum atomic E-state index is -0.0873. The van der Waals surface area contributed by atoms with Crippen LogP contribution in [0.1, 0.15) is 48.3 Å². The van der Waals surface area contributed by atoms with Crippen LogP contribution in [0, 0.1) is 0 Å². The van der Waals surface area contributed by atoms with Crippen LogP contribution in [0.4, 0.5) is 4.79 Å². The van der Waals surface area contributed by atoms with Crippen LogP contribution in [0.25, 0.3) is 0 Å². The molecule has 0 heterocycles. The molecule has 1 saturated carbocycles. The van der Waals surface area contributed by atoms with Gasteiger partial charge in [-0.3, -0.25) is 0 Å². The van der Waals surface area contributed by atoms with E-state index in [1.807, 2.05) is 30.3 Å². The van der Waals surface area contributed by atoms with E-state index in [-0.39, 0.29) is 12.1 Å². The van der Waals surface area contributed by atoms with E-state index in [4.69, 9.17) is 5.73 Å². The molecule has 0 saturated heterocycles. The number of benzene rings is 2. The summed E-state index contributed by atoms with van der Waals surface area (Å²) >= 11 is 0. The van der Waals surface area contributed by atoms with Gasteiger partial charge >= 0.3 is 6.03 Å². The Hall–Kier alpha value is -2.33. The Bertz CT molecular complexity index is 669. The highest BCUT2D eigenvalue weighted by molar-refractivity contribution is 5.74. The lowest BCUT2D eigenvalue weighted by Crippen LogP contribution is -2.45. The first kappa shape index (κ1) is 17.5.